The molecule has 2 heterocycles. The van der Waals surface area contributed by atoms with Crippen LogP contribution in [0.3, 0.4) is 0 Å². The Labute approximate surface area is 427 Å². The Morgan fingerprint density at radius 2 is 0.726 bits per heavy atom. The zero-order valence-corrected chi connectivity index (χ0v) is 43.5. The Balaban J connectivity index is 1.12. The van der Waals surface area contributed by atoms with E-state index in [4.69, 9.17) is 8.83 Å². The van der Waals surface area contributed by atoms with E-state index in [1.807, 2.05) is 0 Å². The summed E-state index contributed by atoms with van der Waals surface area (Å²) in [4.78, 5) is 2.62. The summed E-state index contributed by atoms with van der Waals surface area (Å²) < 4.78 is 13.9. The average molecular weight is 946 g/mol. The van der Waals surface area contributed by atoms with Gasteiger partial charge in [0.2, 0.25) is 0 Å². The molecule has 73 heavy (non-hydrogen) atoms. The summed E-state index contributed by atoms with van der Waals surface area (Å²) in [5, 5.41) is 9.63. The third kappa shape index (κ3) is 6.00. The molecule has 0 saturated carbocycles. The summed E-state index contributed by atoms with van der Waals surface area (Å²) in [6, 6.07) is 65.6. The van der Waals surface area contributed by atoms with Crippen LogP contribution in [0.1, 0.15) is 103 Å². The van der Waals surface area contributed by atoms with Gasteiger partial charge >= 0.3 is 0 Å². The molecule has 0 N–H and O–H groups in total. The molecular weight excluding hydrogens is 887 g/mol. The molecule has 0 unspecified atom stereocenters. The molecule has 356 valence electrons. The van der Waals surface area contributed by atoms with E-state index in [0.29, 0.717) is 0 Å². The molecule has 0 amide bonds. The normalized spacial score (nSPS) is 14.7. The van der Waals surface area contributed by atoms with Crippen molar-refractivity contribution in [3.05, 3.63) is 209 Å². The van der Waals surface area contributed by atoms with Gasteiger partial charge in [0.25, 0.3) is 0 Å². The van der Waals surface area contributed by atoms with Crippen LogP contribution < -0.4 is 4.90 Å². The van der Waals surface area contributed by atoms with Crippen molar-refractivity contribution in [1.29, 1.82) is 0 Å². The number of furan rings is 2. The lowest BCUT2D eigenvalue weighted by Gasteiger charge is -2.33. The highest BCUT2D eigenvalue weighted by atomic mass is 16.3. The minimum atomic E-state index is -0.353. The molecule has 3 heteroatoms. The molecule has 0 bridgehead atoms. The van der Waals surface area contributed by atoms with Crippen LogP contribution in [0.2, 0.25) is 0 Å². The van der Waals surface area contributed by atoms with Crippen LogP contribution in [-0.4, -0.2) is 0 Å². The first-order valence-corrected chi connectivity index (χ1v) is 26.1. The molecule has 2 aromatic heterocycles. The molecule has 3 nitrogen and oxygen atoms in total. The van der Waals surface area contributed by atoms with Gasteiger partial charge in [-0.15, -0.1) is 0 Å². The van der Waals surface area contributed by atoms with Gasteiger partial charge in [0.15, 0.2) is 0 Å². The van der Waals surface area contributed by atoms with E-state index in [-0.39, 0.29) is 21.7 Å². The van der Waals surface area contributed by atoms with Crippen LogP contribution in [0.15, 0.2) is 185 Å². The Kier molecular flexibility index (Phi) is 8.93. The summed E-state index contributed by atoms with van der Waals surface area (Å²) in [6.45, 7) is 23.7. The van der Waals surface area contributed by atoms with Gasteiger partial charge in [-0.1, -0.05) is 215 Å². The van der Waals surface area contributed by atoms with Gasteiger partial charge in [-0.25, -0.2) is 0 Å². The van der Waals surface area contributed by atoms with Crippen molar-refractivity contribution < 1.29 is 8.83 Å². The molecule has 10 aromatic carbocycles. The number of nitrogens with zero attached hydrogens (tertiary/aromatic N) is 1. The molecule has 0 fully saturated rings. The SMILES string of the molecule is CC(C)(C)c1cc2c(c3c1oc1ccccc13)-c1c(cc(N(c3ccccc3-c3ccccc3)c3cc4c(c5ccccc35)-c3c(cc(C(C)(C)C)c5oc6ccccc6c35)C4(C)C)c3ccccc13)C2(C)C. The number of rotatable bonds is 4. The van der Waals surface area contributed by atoms with Crippen LogP contribution in [-0.2, 0) is 21.7 Å². The third-order valence-electron chi connectivity index (χ3n) is 16.9. The second kappa shape index (κ2) is 14.9. The van der Waals surface area contributed by atoms with Crippen LogP contribution in [0, 0.1) is 0 Å². The van der Waals surface area contributed by atoms with Crippen molar-refractivity contribution in [2.24, 2.45) is 0 Å². The maximum absolute atomic E-state index is 6.93. The fraction of sp³-hybridized carbons (Fsp3) is 0.200. The van der Waals surface area contributed by atoms with E-state index in [0.717, 1.165) is 39.4 Å². The monoisotopic (exact) mass is 945 g/mol. The van der Waals surface area contributed by atoms with E-state index in [1.165, 1.54) is 110 Å². The van der Waals surface area contributed by atoms with Crippen LogP contribution in [0.25, 0.3) is 98.8 Å². The number of hydrogen-bond acceptors (Lipinski definition) is 3. The molecule has 2 aliphatic carbocycles. The third-order valence-corrected chi connectivity index (χ3v) is 16.9. The van der Waals surface area contributed by atoms with Crippen molar-refractivity contribution in [2.75, 3.05) is 4.90 Å². The molecule has 0 atom stereocenters. The fourth-order valence-corrected chi connectivity index (χ4v) is 13.2. The lowest BCUT2D eigenvalue weighted by molar-refractivity contribution is 0.568. The van der Waals surface area contributed by atoms with Crippen molar-refractivity contribution >= 4 is 82.5 Å². The molecule has 0 spiro atoms. The van der Waals surface area contributed by atoms with E-state index >= 15 is 0 Å². The minimum Gasteiger partial charge on any atom is -0.456 e. The van der Waals surface area contributed by atoms with Crippen molar-refractivity contribution in [3.63, 3.8) is 0 Å². The first kappa shape index (κ1) is 43.9. The van der Waals surface area contributed by atoms with Crippen LogP contribution in [0.4, 0.5) is 17.1 Å². The van der Waals surface area contributed by atoms with Gasteiger partial charge < -0.3 is 13.7 Å². The predicted octanol–water partition coefficient (Wildman–Crippen LogP) is 20.1. The van der Waals surface area contributed by atoms with Crippen molar-refractivity contribution in [2.45, 2.75) is 90.9 Å². The van der Waals surface area contributed by atoms with Gasteiger partial charge in [-0.05, 0) is 102 Å². The molecule has 0 radical (unpaired) electrons. The first-order chi connectivity index (χ1) is 35.0. The quantitative estimate of drug-likeness (QED) is 0.176. The van der Waals surface area contributed by atoms with E-state index in [2.05, 4.69) is 250 Å². The Morgan fingerprint density at radius 3 is 1.18 bits per heavy atom. The van der Waals surface area contributed by atoms with Crippen molar-refractivity contribution in [3.8, 4) is 33.4 Å². The van der Waals surface area contributed by atoms with E-state index in [9.17, 15) is 0 Å². The second-order valence-electron chi connectivity index (χ2n) is 24.0. The van der Waals surface area contributed by atoms with Gasteiger partial charge in [0.1, 0.15) is 22.3 Å². The largest absolute Gasteiger partial charge is 0.456 e. The van der Waals surface area contributed by atoms with Crippen molar-refractivity contribution in [1.82, 2.24) is 0 Å². The van der Waals surface area contributed by atoms with Gasteiger partial charge in [0, 0.05) is 59.8 Å². The number of para-hydroxylation sites is 3. The Morgan fingerprint density at radius 1 is 0.356 bits per heavy atom. The smallest absolute Gasteiger partial charge is 0.139 e. The van der Waals surface area contributed by atoms with Crippen LogP contribution in [0.5, 0.6) is 0 Å². The number of anilines is 3. The topological polar surface area (TPSA) is 29.5 Å². The lowest BCUT2D eigenvalue weighted by atomic mass is 9.77. The maximum atomic E-state index is 6.93. The lowest BCUT2D eigenvalue weighted by Crippen LogP contribution is -2.20. The Bertz CT molecular complexity index is 4090. The number of fused-ring (bicyclic) bond motifs is 18. The fourth-order valence-electron chi connectivity index (χ4n) is 13.2. The highest BCUT2D eigenvalue weighted by Gasteiger charge is 2.44. The van der Waals surface area contributed by atoms with Gasteiger partial charge in [0.05, 0.1) is 17.1 Å². The first-order valence-electron chi connectivity index (χ1n) is 26.1. The zero-order chi connectivity index (χ0) is 50.1. The average Bonchev–Trinajstić information content (AvgIpc) is 4.08. The molecular formula is C70H59NO2. The molecule has 14 rings (SSSR count). The molecule has 0 saturated heterocycles. The van der Waals surface area contributed by atoms with Gasteiger partial charge in [-0.2, -0.15) is 0 Å². The molecule has 0 aliphatic heterocycles. The standard InChI is InChI=1S/C70H59NO2/c1-67(2,3)52-36-48-63(61-46-31-19-22-34-57(46)72-65(52)61)59-44-29-16-14-27-42(44)55(38-50(59)69(48,7)8)71(54-33-21-18-26-41(54)40-24-12-11-13-25-40)56-39-51-60(45-30-17-15-28-43(45)56)64-49(70(51,9)10)37-53(68(4,5)6)66-62(64)47-32-20-23-35-58(47)73-66/h11-39H,1-10H3. The summed E-state index contributed by atoms with van der Waals surface area (Å²) >= 11 is 0. The zero-order valence-electron chi connectivity index (χ0n) is 43.5. The number of benzene rings is 10. The molecule has 2 aliphatic rings. The second-order valence-corrected chi connectivity index (χ2v) is 24.0. The van der Waals surface area contributed by atoms with E-state index < -0.39 is 0 Å². The maximum Gasteiger partial charge on any atom is 0.139 e. The number of hydrogen-bond donors (Lipinski definition) is 0. The van der Waals surface area contributed by atoms with Gasteiger partial charge in [-0.3, -0.25) is 0 Å². The highest BCUT2D eigenvalue weighted by Crippen LogP contribution is 2.62. The summed E-state index contributed by atoms with van der Waals surface area (Å²) in [5.74, 6) is 0. The summed E-state index contributed by atoms with van der Waals surface area (Å²) in [5.41, 5.74) is 21.6. The predicted molar refractivity (Wildman–Crippen MR) is 309 cm³/mol. The summed E-state index contributed by atoms with van der Waals surface area (Å²) in [7, 11) is 0. The Hall–Kier alpha value is -7.88. The summed E-state index contributed by atoms with van der Waals surface area (Å²) in [6.07, 6.45) is 0. The van der Waals surface area contributed by atoms with Crippen LogP contribution >= 0.6 is 0 Å². The highest BCUT2D eigenvalue weighted by molar-refractivity contribution is 6.24. The van der Waals surface area contributed by atoms with E-state index in [1.54, 1.807) is 0 Å². The molecule has 12 aromatic rings. The minimum absolute atomic E-state index is 0.149.